The van der Waals surface area contributed by atoms with Gasteiger partial charge in [-0.15, -0.1) is 32.8 Å². The minimum Gasteiger partial charge on any atom is -0.308 e. The summed E-state index contributed by atoms with van der Waals surface area (Å²) in [6, 6.07) is 52.5. The van der Waals surface area contributed by atoms with Crippen molar-refractivity contribution in [3.05, 3.63) is 158 Å². The fraction of sp³-hybridized carbons (Fsp3) is 0. The summed E-state index contributed by atoms with van der Waals surface area (Å²) in [5, 5.41) is 2.05. The van der Waals surface area contributed by atoms with Crippen LogP contribution in [0.25, 0.3) is 107 Å². The van der Waals surface area contributed by atoms with Gasteiger partial charge in [-0.25, -0.2) is 24.9 Å². The van der Waals surface area contributed by atoms with Gasteiger partial charge in [-0.2, -0.15) is 0 Å². The molecule has 8 aromatic carbocycles. The number of rotatable bonds is 8. The van der Waals surface area contributed by atoms with E-state index in [9.17, 15) is 0 Å². The van der Waals surface area contributed by atoms with Gasteiger partial charge in [0.25, 0.3) is 0 Å². The van der Waals surface area contributed by atoms with Gasteiger partial charge in [-0.1, -0.05) is 143 Å². The van der Waals surface area contributed by atoms with E-state index in [-0.39, 0.29) is 83.2 Å². The van der Waals surface area contributed by atoms with Crippen molar-refractivity contribution in [1.29, 1.82) is 0 Å². The molecule has 0 aliphatic carbocycles. The van der Waals surface area contributed by atoms with Crippen molar-refractivity contribution < 1.29 is 0 Å². The van der Waals surface area contributed by atoms with Crippen LogP contribution in [0.2, 0.25) is 0 Å². The number of hydrogen-bond donors (Lipinski definition) is 0. The van der Waals surface area contributed by atoms with Gasteiger partial charge in [0.1, 0.15) is 78.5 Å². The van der Waals surface area contributed by atoms with E-state index in [1.165, 1.54) is 0 Å². The van der Waals surface area contributed by atoms with E-state index in [0.717, 1.165) is 55.4 Å². The predicted octanol–water partition coefficient (Wildman–Crippen LogP) is 1.37. The molecule has 0 bridgehead atoms. The Labute approximate surface area is 424 Å². The van der Waals surface area contributed by atoms with Crippen molar-refractivity contribution >= 4 is 155 Å². The standard InChI is InChI=1S/C55H26B10N6/c56-42-40(43(57)47(61)50(64)46(42)60)54-68-53(69-55(70-54)41-44(58)48(62)51(65)49(63)45(41)59)33-25-30(52-66-34(28-15-6-2-7-16-28)26-35(67-52)29-17-8-3-9-18-29)23-24-37(33)71-36-21-11-10-19-32(36)39-31(20-12-22-38(39)71)27-13-4-1-5-14-27/h1-26H. The van der Waals surface area contributed by atoms with Crippen LogP contribution in [0.3, 0.4) is 0 Å². The first-order chi connectivity index (χ1) is 34.4. The molecule has 0 amide bonds. The summed E-state index contributed by atoms with van der Waals surface area (Å²) >= 11 is 0. The molecule has 16 heteroatoms. The predicted molar refractivity (Wildman–Crippen MR) is 302 cm³/mol. The van der Waals surface area contributed by atoms with Crippen LogP contribution in [0.1, 0.15) is 0 Å². The number of nitrogens with zero attached hydrogens (tertiary/aromatic N) is 6. The number of benzene rings is 8. The van der Waals surface area contributed by atoms with Crippen molar-refractivity contribution in [2.45, 2.75) is 0 Å². The SMILES string of the molecule is [B]c1c([B])c([B])c(-c2nc(-c3cc(-c4nc(-c5ccccc5)cc(-c5ccccc5)n4)ccc3-n3c4ccccc4c4c(-c5ccccc5)cccc43)nc(-c3c([B])c([B])c([B])c([B])c3[B])n2)c([B])c1[B]. The fourth-order valence-electron chi connectivity index (χ4n) is 9.18. The normalized spacial score (nSPS) is 11.4. The highest BCUT2D eigenvalue weighted by Crippen LogP contribution is 2.41. The van der Waals surface area contributed by atoms with E-state index in [1.807, 2.05) is 121 Å². The zero-order chi connectivity index (χ0) is 49.2. The van der Waals surface area contributed by atoms with Gasteiger partial charge >= 0.3 is 0 Å². The molecule has 0 spiro atoms. The van der Waals surface area contributed by atoms with E-state index in [2.05, 4.69) is 41.0 Å². The molecule has 0 aliphatic heterocycles. The summed E-state index contributed by atoms with van der Waals surface area (Å²) in [5.41, 5.74) is 9.08. The number of fused-ring (bicyclic) bond motifs is 3. The van der Waals surface area contributed by atoms with Crippen LogP contribution in [0, 0.1) is 0 Å². The fourth-order valence-corrected chi connectivity index (χ4v) is 9.18. The smallest absolute Gasteiger partial charge is 0.166 e. The Morgan fingerprint density at radius 1 is 0.296 bits per heavy atom. The Morgan fingerprint density at radius 2 is 0.732 bits per heavy atom. The third kappa shape index (κ3) is 7.81. The van der Waals surface area contributed by atoms with Crippen molar-refractivity contribution in [1.82, 2.24) is 29.5 Å². The van der Waals surface area contributed by atoms with Gasteiger partial charge < -0.3 is 4.57 Å². The Bertz CT molecular complexity index is 3740. The molecule has 71 heavy (non-hydrogen) atoms. The Balaban J connectivity index is 1.27. The van der Waals surface area contributed by atoms with Crippen molar-refractivity contribution in [3.8, 4) is 84.9 Å². The first-order valence-electron chi connectivity index (χ1n) is 22.4. The molecule has 0 unspecified atom stereocenters. The molecule has 11 rings (SSSR count). The molecule has 0 atom stereocenters. The summed E-state index contributed by atoms with van der Waals surface area (Å²) in [5.74, 6) is 0.478. The van der Waals surface area contributed by atoms with Gasteiger partial charge in [-0.05, 0) is 47.5 Å². The molecule has 6 nitrogen and oxygen atoms in total. The lowest BCUT2D eigenvalue weighted by Gasteiger charge is -2.23. The molecule has 0 N–H and O–H groups in total. The minimum atomic E-state index is -0.0372. The first-order valence-corrected chi connectivity index (χ1v) is 22.4. The van der Waals surface area contributed by atoms with Crippen LogP contribution in [-0.4, -0.2) is 108 Å². The molecule has 0 saturated carbocycles. The van der Waals surface area contributed by atoms with E-state index in [1.54, 1.807) is 0 Å². The summed E-state index contributed by atoms with van der Waals surface area (Å²) in [6.07, 6.45) is 0. The second-order valence-electron chi connectivity index (χ2n) is 17.0. The second kappa shape index (κ2) is 18.2. The zero-order valence-electron chi connectivity index (χ0n) is 38.0. The summed E-state index contributed by atoms with van der Waals surface area (Å²) in [7, 11) is 65.4. The lowest BCUT2D eigenvalue weighted by molar-refractivity contribution is 1.07. The maximum Gasteiger partial charge on any atom is 0.166 e. The lowest BCUT2D eigenvalue weighted by Crippen LogP contribution is -2.55. The molecular weight excluding hydrogens is 853 g/mol. The monoisotopic (exact) mass is 880 g/mol. The van der Waals surface area contributed by atoms with Gasteiger partial charge in [0.15, 0.2) is 23.3 Å². The van der Waals surface area contributed by atoms with E-state index >= 15 is 0 Å². The third-order valence-electron chi connectivity index (χ3n) is 12.9. The van der Waals surface area contributed by atoms with E-state index in [0.29, 0.717) is 22.6 Å². The van der Waals surface area contributed by atoms with Crippen molar-refractivity contribution in [3.63, 3.8) is 0 Å². The average Bonchev–Trinajstić information content (AvgIpc) is 3.75. The third-order valence-corrected chi connectivity index (χ3v) is 12.9. The number of para-hydroxylation sites is 1. The Hall–Kier alpha value is -7.70. The Morgan fingerprint density at radius 3 is 1.25 bits per heavy atom. The Kier molecular flexibility index (Phi) is 11.7. The van der Waals surface area contributed by atoms with Gasteiger partial charge in [0, 0.05) is 44.2 Å². The average molecular weight is 879 g/mol. The van der Waals surface area contributed by atoms with Gasteiger partial charge in [0.2, 0.25) is 0 Å². The maximum absolute atomic E-state index is 6.74. The van der Waals surface area contributed by atoms with Crippen LogP contribution in [-0.2, 0) is 0 Å². The van der Waals surface area contributed by atoms with Crippen molar-refractivity contribution in [2.24, 2.45) is 0 Å². The molecule has 3 heterocycles. The number of aromatic nitrogens is 6. The molecule has 0 fully saturated rings. The maximum atomic E-state index is 6.74. The van der Waals surface area contributed by atoms with Gasteiger partial charge in [0.05, 0.1) is 28.1 Å². The van der Waals surface area contributed by atoms with Gasteiger partial charge in [-0.3, -0.25) is 0 Å². The molecule has 0 aliphatic rings. The molecular formula is C55H26B10N6. The summed E-state index contributed by atoms with van der Waals surface area (Å²) in [6.45, 7) is 0. The zero-order valence-corrected chi connectivity index (χ0v) is 38.0. The molecule has 3 aromatic heterocycles. The van der Waals surface area contributed by atoms with E-state index < -0.39 is 0 Å². The quantitative estimate of drug-likeness (QED) is 0.216. The topological polar surface area (TPSA) is 69.4 Å². The molecule has 20 radical (unpaired) electrons. The minimum absolute atomic E-state index is 0.00894. The molecule has 11 aromatic rings. The lowest BCUT2D eigenvalue weighted by atomic mass is 9.60. The van der Waals surface area contributed by atoms with Crippen LogP contribution >= 0.6 is 0 Å². The highest BCUT2D eigenvalue weighted by atomic mass is 15.1. The second-order valence-corrected chi connectivity index (χ2v) is 17.0. The molecule has 306 valence electrons. The highest BCUT2D eigenvalue weighted by Gasteiger charge is 2.25. The largest absolute Gasteiger partial charge is 0.308 e. The summed E-state index contributed by atoms with van der Waals surface area (Å²) < 4.78 is 2.18. The number of hydrogen-bond acceptors (Lipinski definition) is 5. The van der Waals surface area contributed by atoms with Crippen molar-refractivity contribution in [2.75, 3.05) is 0 Å². The first kappa shape index (κ1) is 45.7. The molecule has 0 saturated heterocycles. The van der Waals surface area contributed by atoms with E-state index in [4.69, 9.17) is 103 Å². The van der Waals surface area contributed by atoms with Crippen LogP contribution in [0.4, 0.5) is 0 Å². The summed E-state index contributed by atoms with van der Waals surface area (Å²) in [4.78, 5) is 25.6. The van der Waals surface area contributed by atoms with Crippen LogP contribution in [0.5, 0.6) is 0 Å². The van der Waals surface area contributed by atoms with Crippen LogP contribution in [0.15, 0.2) is 158 Å². The van der Waals surface area contributed by atoms with Crippen LogP contribution < -0.4 is 54.6 Å². The highest BCUT2D eigenvalue weighted by molar-refractivity contribution is 6.70.